The first-order valence-electron chi connectivity index (χ1n) is 17.1. The predicted molar refractivity (Wildman–Crippen MR) is 195 cm³/mol. The number of rotatable bonds is 13. The van der Waals surface area contributed by atoms with Crippen LogP contribution in [-0.4, -0.2) is 48.5 Å². The summed E-state index contributed by atoms with van der Waals surface area (Å²) >= 11 is 0. The van der Waals surface area contributed by atoms with Crippen LogP contribution < -0.4 is 0 Å². The monoisotopic (exact) mass is 703 g/mol. The molecule has 262 valence electrons. The molecular formula is C42H41NO7S. The Hall–Kier alpha value is -4.61. The Balaban J connectivity index is 1.31. The van der Waals surface area contributed by atoms with Gasteiger partial charge >= 0.3 is 0 Å². The number of ether oxygens (including phenoxy) is 4. The number of benzene rings is 5. The van der Waals surface area contributed by atoms with Crippen LogP contribution in [0.1, 0.15) is 34.1 Å². The van der Waals surface area contributed by atoms with Crippen LogP contribution in [-0.2, 0) is 48.8 Å². The molecule has 1 N–H and O–H groups in total. The van der Waals surface area contributed by atoms with Crippen molar-refractivity contribution in [2.45, 2.75) is 62.2 Å². The Morgan fingerprint density at radius 3 is 1.73 bits per heavy atom. The number of aliphatic hydroxyl groups is 1. The number of hydrogen-bond donors (Lipinski definition) is 1. The average Bonchev–Trinajstić information content (AvgIpc) is 3.48. The lowest BCUT2D eigenvalue weighted by Crippen LogP contribution is -2.58. The molecule has 0 aliphatic carbocycles. The maximum Gasteiger partial charge on any atom is 0.268 e. The Morgan fingerprint density at radius 2 is 1.14 bits per heavy atom. The third-order valence-corrected chi connectivity index (χ3v) is 11.0. The fourth-order valence-electron chi connectivity index (χ4n) is 6.75. The SMILES string of the molecule is Cc1c([C@@H]2O[C@H](COCc3ccccc3)[C@@H](OCc3ccccc3)[C@H](OCc3ccccc3)[C@@H]2O)n(S(=O)(=O)c2ccccc2)c2ccccc12. The second kappa shape index (κ2) is 15.7. The number of hydrogen-bond acceptors (Lipinski definition) is 7. The minimum atomic E-state index is -4.13. The zero-order valence-corrected chi connectivity index (χ0v) is 29.1. The van der Waals surface area contributed by atoms with Crippen molar-refractivity contribution in [3.8, 4) is 0 Å². The number of aryl methyl sites for hydroxylation is 1. The molecule has 0 unspecified atom stereocenters. The molecule has 0 spiro atoms. The molecule has 1 fully saturated rings. The van der Waals surface area contributed by atoms with Crippen molar-refractivity contribution < 1.29 is 32.5 Å². The van der Waals surface area contributed by atoms with Gasteiger partial charge in [-0.2, -0.15) is 0 Å². The smallest absolute Gasteiger partial charge is 0.268 e. The minimum Gasteiger partial charge on any atom is -0.387 e. The molecule has 0 radical (unpaired) electrons. The van der Waals surface area contributed by atoms with Crippen LogP contribution in [0.3, 0.4) is 0 Å². The van der Waals surface area contributed by atoms with Crippen LogP contribution in [0.2, 0.25) is 0 Å². The van der Waals surface area contributed by atoms with Gasteiger partial charge in [0.25, 0.3) is 10.0 Å². The summed E-state index contributed by atoms with van der Waals surface area (Å²) in [6, 6.07) is 45.0. The highest BCUT2D eigenvalue weighted by molar-refractivity contribution is 7.90. The lowest BCUT2D eigenvalue weighted by atomic mass is 9.91. The zero-order valence-electron chi connectivity index (χ0n) is 28.3. The van der Waals surface area contributed by atoms with E-state index in [9.17, 15) is 13.5 Å². The van der Waals surface area contributed by atoms with Crippen LogP contribution in [0.5, 0.6) is 0 Å². The lowest BCUT2D eigenvalue weighted by Gasteiger charge is -2.45. The highest BCUT2D eigenvalue weighted by Crippen LogP contribution is 2.42. The van der Waals surface area contributed by atoms with Crippen molar-refractivity contribution >= 4 is 20.9 Å². The molecule has 5 atom stereocenters. The van der Waals surface area contributed by atoms with Crippen molar-refractivity contribution in [1.82, 2.24) is 3.97 Å². The van der Waals surface area contributed by atoms with Gasteiger partial charge in [0.2, 0.25) is 0 Å². The molecule has 1 aromatic heterocycles. The molecule has 2 heterocycles. The largest absolute Gasteiger partial charge is 0.387 e. The summed E-state index contributed by atoms with van der Waals surface area (Å²) in [6.07, 6.45) is -4.84. The molecular weight excluding hydrogens is 663 g/mol. The number of aliphatic hydroxyl groups excluding tert-OH is 1. The normalized spacial score (nSPS) is 20.8. The molecule has 1 aliphatic rings. The van der Waals surface area contributed by atoms with Gasteiger partial charge in [-0.25, -0.2) is 12.4 Å². The topological polar surface area (TPSA) is 96.2 Å². The van der Waals surface area contributed by atoms with E-state index in [0.29, 0.717) is 23.4 Å². The third kappa shape index (κ3) is 7.55. The summed E-state index contributed by atoms with van der Waals surface area (Å²) in [5, 5.41) is 13.1. The third-order valence-electron chi connectivity index (χ3n) is 9.30. The average molecular weight is 704 g/mol. The fourth-order valence-corrected chi connectivity index (χ4v) is 8.38. The second-order valence-electron chi connectivity index (χ2n) is 12.7. The highest BCUT2D eigenvalue weighted by Gasteiger charge is 2.49. The van der Waals surface area contributed by atoms with Gasteiger partial charge in [0.1, 0.15) is 30.5 Å². The van der Waals surface area contributed by atoms with Gasteiger partial charge in [-0.1, -0.05) is 127 Å². The van der Waals surface area contributed by atoms with Gasteiger partial charge in [-0.3, -0.25) is 0 Å². The van der Waals surface area contributed by atoms with E-state index in [0.717, 1.165) is 22.1 Å². The first-order chi connectivity index (χ1) is 24.9. The molecule has 0 bridgehead atoms. The van der Waals surface area contributed by atoms with E-state index in [-0.39, 0.29) is 24.7 Å². The Morgan fingerprint density at radius 1 is 0.647 bits per heavy atom. The molecule has 5 aromatic carbocycles. The van der Waals surface area contributed by atoms with E-state index < -0.39 is 40.5 Å². The van der Waals surface area contributed by atoms with E-state index in [1.54, 1.807) is 42.5 Å². The van der Waals surface area contributed by atoms with Gasteiger partial charge in [-0.05, 0) is 47.4 Å². The van der Waals surface area contributed by atoms with Crippen molar-refractivity contribution in [3.63, 3.8) is 0 Å². The number of aromatic nitrogens is 1. The predicted octanol–water partition coefficient (Wildman–Crippen LogP) is 7.38. The van der Waals surface area contributed by atoms with Gasteiger partial charge in [0.15, 0.2) is 0 Å². The first-order valence-corrected chi connectivity index (χ1v) is 18.5. The summed E-state index contributed by atoms with van der Waals surface area (Å²) in [5.74, 6) is 0. The van der Waals surface area contributed by atoms with Crippen LogP contribution in [0.15, 0.2) is 150 Å². The van der Waals surface area contributed by atoms with Crippen LogP contribution in [0, 0.1) is 6.92 Å². The molecule has 6 aromatic rings. The lowest BCUT2D eigenvalue weighted by molar-refractivity contribution is -0.264. The summed E-state index contributed by atoms with van der Waals surface area (Å²) in [6.45, 7) is 2.74. The molecule has 0 amide bonds. The first kappa shape index (κ1) is 34.8. The summed E-state index contributed by atoms with van der Waals surface area (Å²) in [5.41, 5.74) is 4.37. The van der Waals surface area contributed by atoms with Crippen LogP contribution in [0.4, 0.5) is 0 Å². The van der Waals surface area contributed by atoms with Crippen LogP contribution >= 0.6 is 0 Å². The molecule has 9 heteroatoms. The molecule has 7 rings (SSSR count). The molecule has 1 saturated heterocycles. The maximum atomic E-state index is 14.5. The van der Waals surface area contributed by atoms with Gasteiger partial charge in [-0.15, -0.1) is 0 Å². The number of fused-ring (bicyclic) bond motifs is 1. The van der Waals surface area contributed by atoms with Gasteiger partial charge < -0.3 is 24.1 Å². The minimum absolute atomic E-state index is 0.105. The molecule has 51 heavy (non-hydrogen) atoms. The van der Waals surface area contributed by atoms with Crippen molar-refractivity contribution in [2.24, 2.45) is 0 Å². The molecule has 1 aliphatic heterocycles. The van der Waals surface area contributed by atoms with E-state index in [1.807, 2.05) is 110 Å². The second-order valence-corrected chi connectivity index (χ2v) is 14.5. The highest BCUT2D eigenvalue weighted by atomic mass is 32.2. The summed E-state index contributed by atoms with van der Waals surface area (Å²) in [4.78, 5) is 0.126. The van der Waals surface area contributed by atoms with Gasteiger partial charge in [0, 0.05) is 5.39 Å². The number of nitrogens with zero attached hydrogens (tertiary/aromatic N) is 1. The Kier molecular flexibility index (Phi) is 10.7. The van der Waals surface area contributed by atoms with Crippen LogP contribution in [0.25, 0.3) is 10.9 Å². The standard InChI is InChI=1S/C42H41NO7S/c1-30-35-24-14-15-25-36(35)43(51(45,46)34-22-12-5-13-23-34)38(30)41-39(44)42(49-28-33-20-10-4-11-21-33)40(48-27-32-18-8-3-9-19-32)37(50-41)29-47-26-31-16-6-2-7-17-31/h2-25,37,39-42,44H,26-29H2,1H3/t37-,39-,40-,41+,42-/m1/s1. The maximum absolute atomic E-state index is 14.5. The Bertz CT molecular complexity index is 2120. The van der Waals surface area contributed by atoms with Crippen molar-refractivity contribution in [2.75, 3.05) is 6.61 Å². The van der Waals surface area contributed by atoms with Gasteiger partial charge in [0.05, 0.1) is 42.5 Å². The quantitative estimate of drug-likeness (QED) is 0.134. The zero-order chi connectivity index (χ0) is 35.2. The van der Waals surface area contributed by atoms with Crippen molar-refractivity contribution in [1.29, 1.82) is 0 Å². The molecule has 0 saturated carbocycles. The summed E-state index contributed by atoms with van der Waals surface area (Å²) < 4.78 is 56.6. The molecule has 8 nitrogen and oxygen atoms in total. The van der Waals surface area contributed by atoms with E-state index in [4.69, 9.17) is 18.9 Å². The van der Waals surface area contributed by atoms with Crippen molar-refractivity contribution in [3.05, 3.63) is 174 Å². The van der Waals surface area contributed by atoms with E-state index >= 15 is 0 Å². The number of para-hydroxylation sites is 1. The fraction of sp³-hybridized carbons (Fsp3) is 0.238. The van der Waals surface area contributed by atoms with E-state index in [2.05, 4.69) is 0 Å². The van der Waals surface area contributed by atoms with E-state index in [1.165, 1.54) is 3.97 Å². The summed E-state index contributed by atoms with van der Waals surface area (Å²) in [7, 11) is -4.13. The Labute approximate surface area is 298 Å².